The maximum absolute atomic E-state index is 12.2. The van der Waals surface area contributed by atoms with Crippen LogP contribution >= 0.6 is 0 Å². The second-order valence-corrected chi connectivity index (χ2v) is 8.35. The molecule has 27 heavy (non-hydrogen) atoms. The number of nitrogens with zero attached hydrogens (tertiary/aromatic N) is 6. The molecule has 0 unspecified atom stereocenters. The molecule has 7 heteroatoms. The van der Waals surface area contributed by atoms with Crippen LogP contribution in [0.5, 0.6) is 0 Å². The Morgan fingerprint density at radius 3 is 2.59 bits per heavy atom. The van der Waals surface area contributed by atoms with Gasteiger partial charge in [0.05, 0.1) is 5.69 Å². The van der Waals surface area contributed by atoms with Gasteiger partial charge in [0.15, 0.2) is 5.65 Å². The molecule has 0 saturated carbocycles. The van der Waals surface area contributed by atoms with Gasteiger partial charge in [0.25, 0.3) is 5.56 Å². The summed E-state index contributed by atoms with van der Waals surface area (Å²) in [4.78, 5) is 14.5. The van der Waals surface area contributed by atoms with E-state index in [1.165, 1.54) is 0 Å². The molecule has 1 fully saturated rings. The van der Waals surface area contributed by atoms with E-state index in [1.54, 1.807) is 10.7 Å². The number of anilines is 1. The number of fused-ring (bicyclic) bond motifs is 1. The van der Waals surface area contributed by atoms with E-state index in [1.807, 2.05) is 34.9 Å². The van der Waals surface area contributed by atoms with Crippen molar-refractivity contribution in [3.05, 3.63) is 52.6 Å². The highest BCUT2D eigenvalue weighted by Crippen LogP contribution is 2.24. The predicted octanol–water partition coefficient (Wildman–Crippen LogP) is 2.50. The van der Waals surface area contributed by atoms with E-state index in [2.05, 4.69) is 41.0 Å². The van der Waals surface area contributed by atoms with Crippen molar-refractivity contribution in [3.63, 3.8) is 0 Å². The minimum atomic E-state index is -0.0620. The van der Waals surface area contributed by atoms with E-state index in [0.29, 0.717) is 12.5 Å². The van der Waals surface area contributed by atoms with Gasteiger partial charge < -0.3 is 4.90 Å². The Hall–Kier alpha value is -2.70. The molecule has 142 valence electrons. The van der Waals surface area contributed by atoms with Gasteiger partial charge in [0.2, 0.25) is 5.95 Å². The van der Waals surface area contributed by atoms with Crippen LogP contribution in [0.4, 0.5) is 5.95 Å². The molecule has 0 bridgehead atoms. The van der Waals surface area contributed by atoms with Crippen molar-refractivity contribution in [2.45, 2.75) is 45.6 Å². The summed E-state index contributed by atoms with van der Waals surface area (Å²) in [6.45, 7) is 8.85. The molecule has 1 aliphatic heterocycles. The topological polar surface area (TPSA) is 68.3 Å². The summed E-state index contributed by atoms with van der Waals surface area (Å²) < 4.78 is 3.67. The third-order valence-electron chi connectivity index (χ3n) is 5.26. The van der Waals surface area contributed by atoms with Crippen molar-refractivity contribution in [2.24, 2.45) is 5.92 Å². The number of hydrogen-bond acceptors (Lipinski definition) is 5. The van der Waals surface area contributed by atoms with Gasteiger partial charge in [-0.25, -0.2) is 4.68 Å². The number of aromatic nitrogens is 5. The lowest BCUT2D eigenvalue weighted by Crippen LogP contribution is -2.38. The zero-order chi connectivity index (χ0) is 19.0. The van der Waals surface area contributed by atoms with E-state index >= 15 is 0 Å². The Morgan fingerprint density at radius 1 is 1.07 bits per heavy atom. The molecule has 0 atom stereocenters. The molecule has 3 aromatic heterocycles. The van der Waals surface area contributed by atoms with Gasteiger partial charge in [-0.1, -0.05) is 26.8 Å². The third kappa shape index (κ3) is 3.59. The molecule has 7 nitrogen and oxygen atoms in total. The average molecular weight is 366 g/mol. The van der Waals surface area contributed by atoms with Crippen LogP contribution in [0.15, 0.2) is 41.3 Å². The van der Waals surface area contributed by atoms with Gasteiger partial charge in [-0.2, -0.15) is 5.10 Å². The Labute approximate surface area is 158 Å². The number of piperidine rings is 1. The van der Waals surface area contributed by atoms with Gasteiger partial charge in [-0.05, 0) is 37.0 Å². The first-order valence-electron chi connectivity index (χ1n) is 9.55. The van der Waals surface area contributed by atoms with Crippen LogP contribution in [0, 0.1) is 5.92 Å². The Morgan fingerprint density at radius 2 is 1.85 bits per heavy atom. The monoisotopic (exact) mass is 366 g/mol. The summed E-state index contributed by atoms with van der Waals surface area (Å²) in [6.07, 6.45) is 4.02. The minimum absolute atomic E-state index is 0.0196. The fourth-order valence-corrected chi connectivity index (χ4v) is 3.58. The lowest BCUT2D eigenvalue weighted by Gasteiger charge is -2.32. The first kappa shape index (κ1) is 17.7. The van der Waals surface area contributed by atoms with Crippen LogP contribution in [0.2, 0.25) is 0 Å². The summed E-state index contributed by atoms with van der Waals surface area (Å²) in [5, 5.41) is 13.2. The van der Waals surface area contributed by atoms with Crippen molar-refractivity contribution in [1.82, 2.24) is 24.4 Å². The minimum Gasteiger partial charge on any atom is -0.341 e. The van der Waals surface area contributed by atoms with Gasteiger partial charge in [-0.15, -0.1) is 10.2 Å². The summed E-state index contributed by atoms with van der Waals surface area (Å²) >= 11 is 0. The zero-order valence-corrected chi connectivity index (χ0v) is 16.2. The van der Waals surface area contributed by atoms with Crippen molar-refractivity contribution >= 4 is 11.6 Å². The third-order valence-corrected chi connectivity index (χ3v) is 5.26. The SMILES string of the molecule is CC(C)(C)c1ccc(=O)n(CC2CCN(c3nnc4ccccn34)CC2)n1. The molecule has 0 radical (unpaired) electrons. The van der Waals surface area contributed by atoms with Crippen LogP contribution in [-0.4, -0.2) is 37.5 Å². The van der Waals surface area contributed by atoms with Gasteiger partial charge in [0.1, 0.15) is 0 Å². The van der Waals surface area contributed by atoms with Gasteiger partial charge >= 0.3 is 0 Å². The first-order chi connectivity index (χ1) is 12.9. The summed E-state index contributed by atoms with van der Waals surface area (Å²) in [6, 6.07) is 9.41. The summed E-state index contributed by atoms with van der Waals surface area (Å²) in [5.74, 6) is 1.34. The van der Waals surface area contributed by atoms with Crippen LogP contribution in [0.3, 0.4) is 0 Å². The van der Waals surface area contributed by atoms with Crippen LogP contribution in [-0.2, 0) is 12.0 Å². The Kier molecular flexibility index (Phi) is 4.45. The molecule has 0 amide bonds. The molecule has 0 aliphatic carbocycles. The molecule has 0 spiro atoms. The number of hydrogen-bond donors (Lipinski definition) is 0. The van der Waals surface area contributed by atoms with E-state index < -0.39 is 0 Å². The van der Waals surface area contributed by atoms with E-state index in [0.717, 1.165) is 43.2 Å². The highest BCUT2D eigenvalue weighted by Gasteiger charge is 2.24. The molecular weight excluding hydrogens is 340 g/mol. The largest absolute Gasteiger partial charge is 0.341 e. The molecule has 4 rings (SSSR count). The summed E-state index contributed by atoms with van der Waals surface area (Å²) in [5.41, 5.74) is 1.74. The standard InChI is InChI=1S/C20H26N6O/c1-20(2,3)16-7-8-18(27)26(23-16)14-15-9-12-24(13-10-15)19-22-21-17-6-4-5-11-25(17)19/h4-8,11,15H,9-10,12-14H2,1-3H3. The maximum Gasteiger partial charge on any atom is 0.266 e. The molecule has 1 saturated heterocycles. The van der Waals surface area contributed by atoms with Crippen molar-refractivity contribution in [3.8, 4) is 0 Å². The van der Waals surface area contributed by atoms with Gasteiger partial charge in [0, 0.05) is 37.3 Å². The Bertz CT molecular complexity index is 991. The highest BCUT2D eigenvalue weighted by atomic mass is 16.1. The quantitative estimate of drug-likeness (QED) is 0.712. The number of rotatable bonds is 3. The lowest BCUT2D eigenvalue weighted by molar-refractivity contribution is 0.328. The van der Waals surface area contributed by atoms with Gasteiger partial charge in [-0.3, -0.25) is 9.20 Å². The number of pyridine rings is 1. The molecule has 1 aliphatic rings. The maximum atomic E-state index is 12.2. The molecule has 3 aromatic rings. The van der Waals surface area contributed by atoms with Crippen LogP contribution in [0.1, 0.15) is 39.3 Å². The fraction of sp³-hybridized carbons (Fsp3) is 0.500. The fourth-order valence-electron chi connectivity index (χ4n) is 3.58. The molecule has 0 aromatic carbocycles. The smallest absolute Gasteiger partial charge is 0.266 e. The summed E-state index contributed by atoms with van der Waals surface area (Å²) in [7, 11) is 0. The van der Waals surface area contributed by atoms with E-state index in [-0.39, 0.29) is 11.0 Å². The highest BCUT2D eigenvalue weighted by molar-refractivity contribution is 5.46. The normalized spacial score (nSPS) is 16.2. The first-order valence-corrected chi connectivity index (χ1v) is 9.55. The average Bonchev–Trinajstić information content (AvgIpc) is 3.07. The lowest BCUT2D eigenvalue weighted by atomic mass is 9.92. The van der Waals surface area contributed by atoms with Crippen molar-refractivity contribution in [2.75, 3.05) is 18.0 Å². The Balaban J connectivity index is 1.45. The van der Waals surface area contributed by atoms with Crippen LogP contribution in [0.25, 0.3) is 5.65 Å². The molecule has 4 heterocycles. The molecular formula is C20H26N6O. The van der Waals surface area contributed by atoms with Crippen molar-refractivity contribution in [1.29, 1.82) is 0 Å². The van der Waals surface area contributed by atoms with Crippen molar-refractivity contribution < 1.29 is 0 Å². The predicted molar refractivity (Wildman–Crippen MR) is 105 cm³/mol. The van der Waals surface area contributed by atoms with E-state index in [9.17, 15) is 4.79 Å². The zero-order valence-electron chi connectivity index (χ0n) is 16.2. The van der Waals surface area contributed by atoms with Crippen LogP contribution < -0.4 is 10.5 Å². The molecule has 0 N–H and O–H groups in total. The van der Waals surface area contributed by atoms with E-state index in [4.69, 9.17) is 0 Å². The second kappa shape index (κ2) is 6.79. The second-order valence-electron chi connectivity index (χ2n) is 8.35.